The van der Waals surface area contributed by atoms with Gasteiger partial charge in [-0.1, -0.05) is 0 Å². The van der Waals surface area contributed by atoms with Crippen LogP contribution in [0.25, 0.3) is 0 Å². The first-order valence-corrected chi connectivity index (χ1v) is 6.22. The molecule has 20 heavy (non-hydrogen) atoms. The second-order valence-corrected chi connectivity index (χ2v) is 4.70. The number of ether oxygens (including phenoxy) is 2. The molecule has 0 fully saturated rings. The van der Waals surface area contributed by atoms with Crippen molar-refractivity contribution in [3.05, 3.63) is 47.5 Å². The minimum atomic E-state index is -0.441. The Morgan fingerprint density at radius 3 is 3.20 bits per heavy atom. The van der Waals surface area contributed by atoms with Gasteiger partial charge in [0.05, 0.1) is 11.8 Å². The molecule has 0 N–H and O–H groups in total. The number of nitrogens with zero attached hydrogens (tertiary/aromatic N) is 2. The lowest BCUT2D eigenvalue weighted by Crippen LogP contribution is -2.22. The minimum absolute atomic E-state index is 0.129. The number of fused-ring (bicyclic) bond motifs is 1. The van der Waals surface area contributed by atoms with Gasteiger partial charge in [0.1, 0.15) is 24.3 Å². The Bertz CT molecular complexity index is 654. The smallest absolute Gasteiger partial charge is 0.341 e. The molecule has 0 saturated heterocycles. The summed E-state index contributed by atoms with van der Waals surface area (Å²) >= 11 is 0. The van der Waals surface area contributed by atoms with Gasteiger partial charge in [-0.25, -0.2) is 9.18 Å². The number of benzene rings is 1. The number of hydrogen-bond acceptors (Lipinski definition) is 4. The fraction of sp³-hybridized carbons (Fsp3) is 0.286. The topological polar surface area (TPSA) is 53.4 Å². The predicted octanol–water partition coefficient (Wildman–Crippen LogP) is 1.72. The maximum Gasteiger partial charge on any atom is 0.341 e. The van der Waals surface area contributed by atoms with Crippen molar-refractivity contribution in [1.82, 2.24) is 9.78 Å². The van der Waals surface area contributed by atoms with E-state index in [1.54, 1.807) is 19.3 Å². The molecule has 0 unspecified atom stereocenters. The van der Waals surface area contributed by atoms with Crippen LogP contribution in [-0.4, -0.2) is 28.5 Å². The molecule has 0 amide bonds. The Hall–Kier alpha value is -2.37. The number of rotatable bonds is 3. The summed E-state index contributed by atoms with van der Waals surface area (Å²) in [6.07, 6.45) is 3.30. The van der Waals surface area contributed by atoms with E-state index in [9.17, 15) is 9.18 Å². The van der Waals surface area contributed by atoms with Gasteiger partial charge >= 0.3 is 5.97 Å². The minimum Gasteiger partial charge on any atom is -0.486 e. The van der Waals surface area contributed by atoms with Gasteiger partial charge in [-0.15, -0.1) is 0 Å². The van der Waals surface area contributed by atoms with Crippen molar-refractivity contribution in [2.75, 3.05) is 6.61 Å². The highest BCUT2D eigenvalue weighted by Crippen LogP contribution is 2.29. The Morgan fingerprint density at radius 2 is 2.45 bits per heavy atom. The average molecular weight is 276 g/mol. The molecule has 1 aliphatic heterocycles. The van der Waals surface area contributed by atoms with Crippen LogP contribution in [0.4, 0.5) is 4.39 Å². The van der Waals surface area contributed by atoms with E-state index in [-0.39, 0.29) is 18.5 Å². The summed E-state index contributed by atoms with van der Waals surface area (Å²) in [5, 5.41) is 3.90. The molecule has 104 valence electrons. The summed E-state index contributed by atoms with van der Waals surface area (Å²) in [6.45, 7) is 0.129. The van der Waals surface area contributed by atoms with Crippen LogP contribution in [0.3, 0.4) is 0 Å². The Balaban J connectivity index is 1.57. The van der Waals surface area contributed by atoms with Crippen molar-refractivity contribution in [1.29, 1.82) is 0 Å². The van der Waals surface area contributed by atoms with Crippen molar-refractivity contribution < 1.29 is 18.7 Å². The molecular formula is C14H13FN2O3. The summed E-state index contributed by atoms with van der Waals surface area (Å²) in [5.74, 6) is -0.0852. The number of aromatic nitrogens is 2. The molecule has 1 atom stereocenters. The molecule has 0 saturated carbocycles. The average Bonchev–Trinajstić information content (AvgIpc) is 3.01. The van der Waals surface area contributed by atoms with Crippen molar-refractivity contribution in [2.45, 2.75) is 12.5 Å². The van der Waals surface area contributed by atoms with Crippen molar-refractivity contribution >= 4 is 5.97 Å². The second kappa shape index (κ2) is 4.96. The SMILES string of the molecule is Cn1cc(C(=O)OC[C@H]2Cc3cc(F)ccc3O2)cn1. The standard InChI is InChI=1S/C14H13FN2O3/c1-17-7-10(6-16-17)14(18)19-8-12-5-9-4-11(15)2-3-13(9)20-12/h2-4,6-7,12H,5,8H2,1H3/t12-/m1/s1. The maximum absolute atomic E-state index is 13.1. The first kappa shape index (κ1) is 12.7. The molecule has 5 nitrogen and oxygen atoms in total. The fourth-order valence-electron chi connectivity index (χ4n) is 2.16. The van der Waals surface area contributed by atoms with Gasteiger partial charge in [0, 0.05) is 25.2 Å². The van der Waals surface area contributed by atoms with E-state index in [2.05, 4.69) is 5.10 Å². The number of halogens is 1. The normalized spacial score (nSPS) is 16.6. The third kappa shape index (κ3) is 2.49. The van der Waals surface area contributed by atoms with E-state index in [4.69, 9.17) is 9.47 Å². The third-order valence-electron chi connectivity index (χ3n) is 3.10. The highest BCUT2D eigenvalue weighted by Gasteiger charge is 2.25. The number of esters is 1. The van der Waals surface area contributed by atoms with Crippen molar-refractivity contribution in [3.8, 4) is 5.75 Å². The zero-order valence-electron chi connectivity index (χ0n) is 10.9. The lowest BCUT2D eigenvalue weighted by atomic mass is 10.1. The molecule has 0 spiro atoms. The fourth-order valence-corrected chi connectivity index (χ4v) is 2.16. The van der Waals surface area contributed by atoms with E-state index in [0.29, 0.717) is 17.7 Å². The van der Waals surface area contributed by atoms with E-state index < -0.39 is 5.97 Å². The van der Waals surface area contributed by atoms with Gasteiger partial charge in [-0.05, 0) is 18.2 Å². The van der Waals surface area contributed by atoms with Gasteiger partial charge in [-0.3, -0.25) is 4.68 Å². The summed E-state index contributed by atoms with van der Waals surface area (Å²) < 4.78 is 25.4. The Kier molecular flexibility index (Phi) is 3.14. The first-order chi connectivity index (χ1) is 9.61. The van der Waals surface area contributed by atoms with Gasteiger partial charge in [-0.2, -0.15) is 5.10 Å². The van der Waals surface area contributed by atoms with E-state index >= 15 is 0 Å². The van der Waals surface area contributed by atoms with Crippen LogP contribution in [0.5, 0.6) is 5.75 Å². The van der Waals surface area contributed by atoms with E-state index in [0.717, 1.165) is 5.56 Å². The van der Waals surface area contributed by atoms with Crippen LogP contribution < -0.4 is 4.74 Å². The van der Waals surface area contributed by atoms with Gasteiger partial charge < -0.3 is 9.47 Å². The Morgan fingerprint density at radius 1 is 1.60 bits per heavy atom. The summed E-state index contributed by atoms with van der Waals surface area (Å²) in [7, 11) is 1.72. The van der Waals surface area contributed by atoms with Crippen molar-refractivity contribution in [2.24, 2.45) is 7.05 Å². The monoisotopic (exact) mass is 276 g/mol. The molecular weight excluding hydrogens is 263 g/mol. The van der Waals surface area contributed by atoms with Crippen LogP contribution in [0.1, 0.15) is 15.9 Å². The number of carbonyl (C=O) groups is 1. The summed E-state index contributed by atoms with van der Waals surface area (Å²) in [5.41, 5.74) is 1.20. The van der Waals surface area contributed by atoms with Gasteiger partial charge in [0.25, 0.3) is 0 Å². The number of aryl methyl sites for hydroxylation is 1. The molecule has 0 radical (unpaired) electrons. The number of carbonyl (C=O) groups excluding carboxylic acids is 1. The van der Waals surface area contributed by atoms with Crippen LogP contribution >= 0.6 is 0 Å². The first-order valence-electron chi connectivity index (χ1n) is 6.22. The molecule has 2 heterocycles. The van der Waals surface area contributed by atoms with Crippen LogP contribution in [-0.2, 0) is 18.2 Å². The molecule has 1 aromatic carbocycles. The van der Waals surface area contributed by atoms with Gasteiger partial charge in [0.2, 0.25) is 0 Å². The van der Waals surface area contributed by atoms with Crippen molar-refractivity contribution in [3.63, 3.8) is 0 Å². The molecule has 0 aliphatic carbocycles. The highest BCUT2D eigenvalue weighted by molar-refractivity contribution is 5.88. The largest absolute Gasteiger partial charge is 0.486 e. The molecule has 0 bridgehead atoms. The van der Waals surface area contributed by atoms with E-state index in [1.165, 1.54) is 23.0 Å². The van der Waals surface area contributed by atoms with E-state index in [1.807, 2.05) is 0 Å². The lowest BCUT2D eigenvalue weighted by molar-refractivity contribution is 0.0347. The van der Waals surface area contributed by atoms with Gasteiger partial charge in [0.15, 0.2) is 0 Å². The zero-order chi connectivity index (χ0) is 14.1. The molecule has 6 heteroatoms. The van der Waals surface area contributed by atoms with Crippen LogP contribution in [0.2, 0.25) is 0 Å². The van der Waals surface area contributed by atoms with Crippen LogP contribution in [0, 0.1) is 5.82 Å². The predicted molar refractivity (Wildman–Crippen MR) is 68.0 cm³/mol. The maximum atomic E-state index is 13.1. The molecule has 1 aromatic heterocycles. The zero-order valence-corrected chi connectivity index (χ0v) is 10.9. The second-order valence-electron chi connectivity index (χ2n) is 4.70. The van der Waals surface area contributed by atoms with Crippen LogP contribution in [0.15, 0.2) is 30.6 Å². The molecule has 1 aliphatic rings. The number of hydrogen-bond donors (Lipinski definition) is 0. The third-order valence-corrected chi connectivity index (χ3v) is 3.10. The molecule has 3 rings (SSSR count). The summed E-state index contributed by atoms with van der Waals surface area (Å²) in [4.78, 5) is 11.8. The summed E-state index contributed by atoms with van der Waals surface area (Å²) in [6, 6.07) is 4.38. The molecule has 2 aromatic rings. The highest BCUT2D eigenvalue weighted by atomic mass is 19.1. The quantitative estimate of drug-likeness (QED) is 0.801. The lowest BCUT2D eigenvalue weighted by Gasteiger charge is -2.10. The Labute approximate surface area is 114 Å².